The normalized spacial score (nSPS) is 16.4. The first-order valence-electron chi connectivity index (χ1n) is 7.34. The van der Waals surface area contributed by atoms with Gasteiger partial charge < -0.3 is 0 Å². The number of benzene rings is 1. The van der Waals surface area contributed by atoms with Gasteiger partial charge in [0.2, 0.25) is 5.91 Å². The fourth-order valence-corrected chi connectivity index (χ4v) is 3.06. The van der Waals surface area contributed by atoms with Crippen molar-refractivity contribution in [3.8, 4) is 0 Å². The predicted octanol–water partition coefficient (Wildman–Crippen LogP) is 3.04. The van der Waals surface area contributed by atoms with Gasteiger partial charge in [0, 0.05) is 6.20 Å². The molecule has 1 amide bonds. The van der Waals surface area contributed by atoms with Crippen molar-refractivity contribution in [1.82, 2.24) is 10.4 Å². The zero-order chi connectivity index (χ0) is 14.5. The van der Waals surface area contributed by atoms with Crippen LogP contribution in [0, 0.1) is 0 Å². The SMILES string of the molecule is O=C(NNc1ccccn1)C1(c2ccccc2)CCCC1. The summed E-state index contributed by atoms with van der Waals surface area (Å²) in [6, 6.07) is 15.6. The van der Waals surface area contributed by atoms with Gasteiger partial charge in [-0.3, -0.25) is 15.6 Å². The zero-order valence-electron chi connectivity index (χ0n) is 11.9. The van der Waals surface area contributed by atoms with Gasteiger partial charge in [0.25, 0.3) is 0 Å². The lowest BCUT2D eigenvalue weighted by Gasteiger charge is -2.28. The first-order valence-corrected chi connectivity index (χ1v) is 7.34. The summed E-state index contributed by atoms with van der Waals surface area (Å²) in [7, 11) is 0. The van der Waals surface area contributed by atoms with E-state index in [0.717, 1.165) is 31.2 Å². The van der Waals surface area contributed by atoms with Crippen molar-refractivity contribution >= 4 is 11.7 Å². The van der Waals surface area contributed by atoms with Crippen molar-refractivity contribution in [1.29, 1.82) is 0 Å². The molecule has 1 aliphatic rings. The van der Waals surface area contributed by atoms with Gasteiger partial charge in [-0.05, 0) is 30.5 Å². The molecule has 0 unspecified atom stereocenters. The summed E-state index contributed by atoms with van der Waals surface area (Å²) in [5.74, 6) is 0.670. The standard InChI is InChI=1S/C17H19N3O/c21-16(20-19-15-10-4-7-13-18-15)17(11-5-6-12-17)14-8-2-1-3-9-14/h1-4,7-10,13H,5-6,11-12H2,(H,18,19)(H,20,21). The number of nitrogens with zero attached hydrogens (tertiary/aromatic N) is 1. The van der Waals surface area contributed by atoms with Crippen molar-refractivity contribution in [2.24, 2.45) is 0 Å². The lowest BCUT2D eigenvalue weighted by Crippen LogP contribution is -2.45. The van der Waals surface area contributed by atoms with Crippen LogP contribution in [0.1, 0.15) is 31.2 Å². The van der Waals surface area contributed by atoms with Gasteiger partial charge in [0.15, 0.2) is 0 Å². The molecule has 3 rings (SSSR count). The number of pyridine rings is 1. The van der Waals surface area contributed by atoms with Crippen molar-refractivity contribution in [3.63, 3.8) is 0 Å². The van der Waals surface area contributed by atoms with Gasteiger partial charge in [0.05, 0.1) is 5.41 Å². The van der Waals surface area contributed by atoms with E-state index in [9.17, 15) is 4.79 Å². The van der Waals surface area contributed by atoms with Crippen LogP contribution in [-0.4, -0.2) is 10.9 Å². The average Bonchev–Trinajstić information content (AvgIpc) is 3.05. The van der Waals surface area contributed by atoms with Gasteiger partial charge in [0.1, 0.15) is 5.82 Å². The molecule has 4 heteroatoms. The molecule has 0 aliphatic heterocycles. The van der Waals surface area contributed by atoms with Gasteiger partial charge in [-0.1, -0.05) is 49.2 Å². The second-order valence-corrected chi connectivity index (χ2v) is 5.45. The highest BCUT2D eigenvalue weighted by atomic mass is 16.2. The topological polar surface area (TPSA) is 54.0 Å². The zero-order valence-corrected chi connectivity index (χ0v) is 11.9. The van der Waals surface area contributed by atoms with Crippen LogP contribution in [0.4, 0.5) is 5.82 Å². The summed E-state index contributed by atoms with van der Waals surface area (Å²) < 4.78 is 0. The van der Waals surface area contributed by atoms with Gasteiger partial charge >= 0.3 is 0 Å². The number of carbonyl (C=O) groups excluding carboxylic acids is 1. The highest BCUT2D eigenvalue weighted by Crippen LogP contribution is 2.41. The van der Waals surface area contributed by atoms with E-state index < -0.39 is 5.41 Å². The first kappa shape index (κ1) is 13.6. The summed E-state index contributed by atoms with van der Waals surface area (Å²) in [5.41, 5.74) is 6.42. The molecule has 1 heterocycles. The minimum absolute atomic E-state index is 0.0249. The van der Waals surface area contributed by atoms with Gasteiger partial charge in [-0.25, -0.2) is 4.98 Å². The van der Waals surface area contributed by atoms with Crippen LogP contribution < -0.4 is 10.9 Å². The molecule has 108 valence electrons. The summed E-state index contributed by atoms with van der Waals surface area (Å²) in [5, 5.41) is 0. The molecule has 1 aromatic carbocycles. The van der Waals surface area contributed by atoms with Crippen LogP contribution in [0.5, 0.6) is 0 Å². The smallest absolute Gasteiger partial charge is 0.248 e. The van der Waals surface area contributed by atoms with E-state index in [1.54, 1.807) is 6.20 Å². The van der Waals surface area contributed by atoms with E-state index in [-0.39, 0.29) is 5.91 Å². The molecule has 1 fully saturated rings. The largest absolute Gasteiger partial charge is 0.282 e. The molecule has 1 aromatic heterocycles. The number of rotatable bonds is 4. The summed E-state index contributed by atoms with van der Waals surface area (Å²) in [6.45, 7) is 0. The molecule has 21 heavy (non-hydrogen) atoms. The number of hydrogen-bond donors (Lipinski definition) is 2. The Morgan fingerprint density at radius 2 is 1.71 bits per heavy atom. The Balaban J connectivity index is 1.77. The quantitative estimate of drug-likeness (QED) is 0.847. The van der Waals surface area contributed by atoms with E-state index >= 15 is 0 Å². The number of hydrogen-bond acceptors (Lipinski definition) is 3. The maximum absolute atomic E-state index is 12.7. The Bertz CT molecular complexity index is 592. The Labute approximate surface area is 124 Å². The molecule has 0 atom stereocenters. The minimum atomic E-state index is -0.414. The lowest BCUT2D eigenvalue weighted by molar-refractivity contribution is -0.126. The Kier molecular flexibility index (Phi) is 3.86. The van der Waals surface area contributed by atoms with E-state index in [4.69, 9.17) is 0 Å². The van der Waals surface area contributed by atoms with Crippen molar-refractivity contribution in [3.05, 3.63) is 60.3 Å². The van der Waals surface area contributed by atoms with Gasteiger partial charge in [-0.2, -0.15) is 0 Å². The molecular weight excluding hydrogens is 262 g/mol. The van der Waals surface area contributed by atoms with E-state index in [0.29, 0.717) is 5.82 Å². The number of nitrogens with one attached hydrogen (secondary N) is 2. The van der Waals surface area contributed by atoms with Crippen LogP contribution >= 0.6 is 0 Å². The molecule has 1 saturated carbocycles. The fourth-order valence-electron chi connectivity index (χ4n) is 3.06. The molecule has 0 spiro atoms. The van der Waals surface area contributed by atoms with E-state index in [1.807, 2.05) is 48.5 Å². The number of carbonyl (C=O) groups is 1. The second-order valence-electron chi connectivity index (χ2n) is 5.45. The fraction of sp³-hybridized carbons (Fsp3) is 0.294. The maximum Gasteiger partial charge on any atom is 0.248 e. The van der Waals surface area contributed by atoms with Crippen molar-refractivity contribution < 1.29 is 4.79 Å². The third-order valence-corrected chi connectivity index (χ3v) is 4.19. The van der Waals surface area contributed by atoms with E-state index in [2.05, 4.69) is 15.8 Å². The predicted molar refractivity (Wildman–Crippen MR) is 82.6 cm³/mol. The highest BCUT2D eigenvalue weighted by molar-refractivity contribution is 5.89. The van der Waals surface area contributed by atoms with E-state index in [1.165, 1.54) is 0 Å². The number of hydrazine groups is 1. The molecule has 2 aromatic rings. The Morgan fingerprint density at radius 1 is 1.00 bits per heavy atom. The minimum Gasteiger partial charge on any atom is -0.282 e. The summed E-state index contributed by atoms with van der Waals surface area (Å²) in [6.07, 6.45) is 5.66. The van der Waals surface area contributed by atoms with Crippen LogP contribution in [0.15, 0.2) is 54.7 Å². The second kappa shape index (κ2) is 5.95. The lowest BCUT2D eigenvalue weighted by atomic mass is 9.78. The molecular formula is C17H19N3O. The molecule has 0 saturated heterocycles. The third-order valence-electron chi connectivity index (χ3n) is 4.19. The van der Waals surface area contributed by atoms with Crippen LogP contribution in [0.25, 0.3) is 0 Å². The maximum atomic E-state index is 12.7. The van der Waals surface area contributed by atoms with Crippen molar-refractivity contribution in [2.45, 2.75) is 31.1 Å². The Hall–Kier alpha value is -2.36. The average molecular weight is 281 g/mol. The van der Waals surface area contributed by atoms with Crippen LogP contribution in [0.2, 0.25) is 0 Å². The molecule has 4 nitrogen and oxygen atoms in total. The van der Waals surface area contributed by atoms with Crippen molar-refractivity contribution in [2.75, 3.05) is 5.43 Å². The number of aromatic nitrogens is 1. The summed E-state index contributed by atoms with van der Waals surface area (Å²) >= 11 is 0. The number of anilines is 1. The third kappa shape index (κ3) is 2.75. The molecule has 0 bridgehead atoms. The molecule has 2 N–H and O–H groups in total. The summed E-state index contributed by atoms with van der Waals surface area (Å²) in [4.78, 5) is 16.9. The molecule has 1 aliphatic carbocycles. The highest BCUT2D eigenvalue weighted by Gasteiger charge is 2.42. The van der Waals surface area contributed by atoms with Crippen LogP contribution in [0.3, 0.4) is 0 Å². The first-order chi connectivity index (χ1) is 10.3. The number of amides is 1. The monoisotopic (exact) mass is 281 g/mol. The van der Waals surface area contributed by atoms with Crippen LogP contribution in [-0.2, 0) is 10.2 Å². The molecule has 0 radical (unpaired) electrons. The Morgan fingerprint density at radius 3 is 2.38 bits per heavy atom. The van der Waals surface area contributed by atoms with Gasteiger partial charge in [-0.15, -0.1) is 0 Å².